The van der Waals surface area contributed by atoms with Crippen molar-refractivity contribution in [2.45, 2.75) is 38.5 Å². The summed E-state index contributed by atoms with van der Waals surface area (Å²) in [6.45, 7) is 4.60. The molecule has 1 heterocycles. The molecule has 1 rings (SSSR count). The Balaban J connectivity index is 2.45. The van der Waals surface area contributed by atoms with Crippen molar-refractivity contribution in [3.63, 3.8) is 0 Å². The Morgan fingerprint density at radius 3 is 2.65 bits per heavy atom. The van der Waals surface area contributed by atoms with Gasteiger partial charge in [0.1, 0.15) is 0 Å². The molecular formula is C14H22ClNO2S2. The fourth-order valence-corrected chi connectivity index (χ4v) is 4.21. The molecule has 0 aliphatic rings. The van der Waals surface area contributed by atoms with Crippen molar-refractivity contribution in [1.29, 1.82) is 0 Å². The van der Waals surface area contributed by atoms with Gasteiger partial charge in [-0.3, -0.25) is 4.79 Å². The molecule has 1 N–H and O–H groups in total. The minimum atomic E-state index is 0.0213. The summed E-state index contributed by atoms with van der Waals surface area (Å²) in [5.41, 5.74) is 0. The fourth-order valence-electron chi connectivity index (χ4n) is 2.10. The molecular weight excluding hydrogens is 314 g/mol. The first kappa shape index (κ1) is 17.8. The van der Waals surface area contributed by atoms with E-state index in [4.69, 9.17) is 16.7 Å². The van der Waals surface area contributed by atoms with E-state index in [1.54, 1.807) is 23.1 Å². The van der Waals surface area contributed by atoms with Crippen molar-refractivity contribution in [1.82, 2.24) is 4.90 Å². The molecule has 0 atom stereocenters. The first-order valence-corrected chi connectivity index (χ1v) is 9.19. The van der Waals surface area contributed by atoms with Gasteiger partial charge in [-0.2, -0.15) is 0 Å². The Morgan fingerprint density at radius 1 is 1.45 bits per heavy atom. The van der Waals surface area contributed by atoms with Crippen LogP contribution in [0.15, 0.2) is 12.1 Å². The minimum absolute atomic E-state index is 0.0213. The van der Waals surface area contributed by atoms with E-state index in [0.717, 1.165) is 22.9 Å². The smallest absolute Gasteiger partial charge is 0.232 e. The number of hydrogen-bond donors (Lipinski definition) is 1. The van der Waals surface area contributed by atoms with Crippen LogP contribution in [0.1, 0.15) is 31.6 Å². The Hall–Kier alpha value is -0.230. The maximum Gasteiger partial charge on any atom is 0.232 e. The first-order chi connectivity index (χ1) is 9.62. The quantitative estimate of drug-likeness (QED) is 0.749. The molecule has 0 spiro atoms. The first-order valence-electron chi connectivity index (χ1n) is 6.84. The van der Waals surface area contributed by atoms with Crippen LogP contribution in [0.3, 0.4) is 0 Å². The van der Waals surface area contributed by atoms with Gasteiger partial charge in [0.15, 0.2) is 0 Å². The number of rotatable bonds is 9. The van der Waals surface area contributed by atoms with Gasteiger partial charge in [-0.1, -0.05) is 25.4 Å². The summed E-state index contributed by atoms with van der Waals surface area (Å²) in [6.07, 6.45) is 1.85. The lowest BCUT2D eigenvalue weighted by Gasteiger charge is -2.30. The van der Waals surface area contributed by atoms with Crippen LogP contribution in [-0.2, 0) is 10.5 Å². The Morgan fingerprint density at radius 2 is 2.15 bits per heavy atom. The van der Waals surface area contributed by atoms with E-state index in [-0.39, 0.29) is 18.6 Å². The number of carbonyl (C=O) groups excluding carboxylic acids is 1. The van der Waals surface area contributed by atoms with Crippen LogP contribution in [0.2, 0.25) is 4.34 Å². The largest absolute Gasteiger partial charge is 0.395 e. The zero-order chi connectivity index (χ0) is 15.0. The maximum absolute atomic E-state index is 12.3. The second-order valence-corrected chi connectivity index (χ2v) is 7.26. The van der Waals surface area contributed by atoms with Gasteiger partial charge < -0.3 is 10.0 Å². The van der Waals surface area contributed by atoms with E-state index in [2.05, 4.69) is 13.8 Å². The number of thiophene rings is 1. The lowest BCUT2D eigenvalue weighted by atomic mass is 10.1. The number of halogens is 1. The van der Waals surface area contributed by atoms with E-state index in [0.29, 0.717) is 12.3 Å². The van der Waals surface area contributed by atoms with E-state index < -0.39 is 0 Å². The molecule has 0 aliphatic carbocycles. The molecule has 3 nitrogen and oxygen atoms in total. The van der Waals surface area contributed by atoms with Crippen molar-refractivity contribution in [2.24, 2.45) is 0 Å². The monoisotopic (exact) mass is 335 g/mol. The number of aliphatic hydroxyl groups excluding tert-OH is 1. The molecule has 1 amide bonds. The number of carbonyl (C=O) groups is 1. The highest BCUT2D eigenvalue weighted by atomic mass is 35.5. The van der Waals surface area contributed by atoms with Gasteiger partial charge in [0.25, 0.3) is 0 Å². The molecule has 114 valence electrons. The molecule has 6 heteroatoms. The molecule has 1 aromatic heterocycles. The second kappa shape index (κ2) is 9.66. The fraction of sp³-hybridized carbons (Fsp3) is 0.643. The van der Waals surface area contributed by atoms with Crippen LogP contribution in [0.25, 0.3) is 0 Å². The second-order valence-electron chi connectivity index (χ2n) is 4.48. The number of aliphatic hydroxyl groups is 1. The molecule has 0 saturated heterocycles. The standard InChI is InChI=1S/C14H22ClNO2S2/c1-3-11(4-2)16(7-8-17)14(18)10-19-9-12-5-6-13(15)20-12/h5-6,11,17H,3-4,7-10H2,1-2H3. The Labute approximate surface area is 134 Å². The van der Waals surface area contributed by atoms with E-state index in [1.807, 2.05) is 17.0 Å². The van der Waals surface area contributed by atoms with Crippen LogP contribution in [0, 0.1) is 0 Å². The van der Waals surface area contributed by atoms with Crippen LogP contribution >= 0.6 is 34.7 Å². The zero-order valence-electron chi connectivity index (χ0n) is 12.0. The third-order valence-electron chi connectivity index (χ3n) is 3.14. The lowest BCUT2D eigenvalue weighted by Crippen LogP contribution is -2.42. The zero-order valence-corrected chi connectivity index (χ0v) is 14.4. The highest BCUT2D eigenvalue weighted by molar-refractivity contribution is 7.99. The van der Waals surface area contributed by atoms with Crippen LogP contribution in [0.5, 0.6) is 0 Å². The van der Waals surface area contributed by atoms with Gasteiger partial charge >= 0.3 is 0 Å². The number of nitrogens with zero attached hydrogens (tertiary/aromatic N) is 1. The summed E-state index contributed by atoms with van der Waals surface area (Å²) in [5.74, 6) is 1.37. The van der Waals surface area contributed by atoms with Crippen molar-refractivity contribution in [3.05, 3.63) is 21.3 Å². The highest BCUT2D eigenvalue weighted by Crippen LogP contribution is 2.25. The highest BCUT2D eigenvalue weighted by Gasteiger charge is 2.20. The summed E-state index contributed by atoms with van der Waals surface area (Å²) >= 11 is 9.03. The molecule has 0 aromatic carbocycles. The predicted octanol–water partition coefficient (Wildman–Crippen LogP) is 3.64. The lowest BCUT2D eigenvalue weighted by molar-refractivity contribution is -0.131. The average molecular weight is 336 g/mol. The van der Waals surface area contributed by atoms with Gasteiger partial charge in [-0.25, -0.2) is 0 Å². The number of thioether (sulfide) groups is 1. The summed E-state index contributed by atoms with van der Waals surface area (Å²) in [7, 11) is 0. The van der Waals surface area contributed by atoms with Gasteiger partial charge in [-0.05, 0) is 25.0 Å². The van der Waals surface area contributed by atoms with Gasteiger partial charge in [-0.15, -0.1) is 23.1 Å². The Bertz CT molecular complexity index is 408. The van der Waals surface area contributed by atoms with Crippen molar-refractivity contribution in [2.75, 3.05) is 18.9 Å². The van der Waals surface area contributed by atoms with Crippen LogP contribution < -0.4 is 0 Å². The van der Waals surface area contributed by atoms with E-state index >= 15 is 0 Å². The average Bonchev–Trinajstić information content (AvgIpc) is 2.84. The van der Waals surface area contributed by atoms with Crippen molar-refractivity contribution < 1.29 is 9.90 Å². The minimum Gasteiger partial charge on any atom is -0.395 e. The van der Waals surface area contributed by atoms with Crippen LogP contribution in [0.4, 0.5) is 0 Å². The summed E-state index contributed by atoms with van der Waals surface area (Å²) in [6, 6.07) is 4.11. The molecule has 0 fully saturated rings. The summed E-state index contributed by atoms with van der Waals surface area (Å²) in [5, 5.41) is 9.12. The third-order valence-corrected chi connectivity index (χ3v) is 5.52. The molecule has 0 aliphatic heterocycles. The van der Waals surface area contributed by atoms with E-state index in [9.17, 15) is 4.79 Å². The third kappa shape index (κ3) is 5.64. The SMILES string of the molecule is CCC(CC)N(CCO)C(=O)CSCc1ccc(Cl)s1. The molecule has 0 saturated carbocycles. The van der Waals surface area contributed by atoms with Gasteiger partial charge in [0.05, 0.1) is 16.7 Å². The van der Waals surface area contributed by atoms with Crippen molar-refractivity contribution >= 4 is 40.6 Å². The number of hydrogen-bond acceptors (Lipinski definition) is 4. The molecule has 20 heavy (non-hydrogen) atoms. The summed E-state index contributed by atoms with van der Waals surface area (Å²) in [4.78, 5) is 15.3. The predicted molar refractivity (Wildman–Crippen MR) is 88.7 cm³/mol. The van der Waals surface area contributed by atoms with Crippen LogP contribution in [-0.4, -0.2) is 40.9 Å². The van der Waals surface area contributed by atoms with Crippen molar-refractivity contribution in [3.8, 4) is 0 Å². The molecule has 1 aromatic rings. The normalized spacial score (nSPS) is 11.1. The molecule has 0 radical (unpaired) electrons. The van der Waals surface area contributed by atoms with Gasteiger partial charge in [0, 0.05) is 23.2 Å². The number of amides is 1. The van der Waals surface area contributed by atoms with Gasteiger partial charge in [0.2, 0.25) is 5.91 Å². The summed E-state index contributed by atoms with van der Waals surface area (Å²) < 4.78 is 0.783. The maximum atomic E-state index is 12.3. The molecule has 0 unspecified atom stereocenters. The van der Waals surface area contributed by atoms with E-state index in [1.165, 1.54) is 4.88 Å². The molecule has 0 bridgehead atoms. The topological polar surface area (TPSA) is 40.5 Å². The Kier molecular flexibility index (Phi) is 8.61.